The third-order valence-electron chi connectivity index (χ3n) is 3.51. The van der Waals surface area contributed by atoms with Gasteiger partial charge in [0.2, 0.25) is 0 Å². The number of rotatable bonds is 5. The number of piperidine rings is 1. The second-order valence-corrected chi connectivity index (χ2v) is 6.63. The van der Waals surface area contributed by atoms with Crippen LogP contribution in [0.2, 0.25) is 0 Å². The van der Waals surface area contributed by atoms with Crippen molar-refractivity contribution in [2.24, 2.45) is 5.92 Å². The molecule has 0 aromatic rings. The van der Waals surface area contributed by atoms with E-state index >= 15 is 0 Å². The zero-order valence-electron chi connectivity index (χ0n) is 14.5. The van der Waals surface area contributed by atoms with E-state index < -0.39 is 5.60 Å². The van der Waals surface area contributed by atoms with E-state index in [1.807, 2.05) is 20.8 Å². The van der Waals surface area contributed by atoms with Crippen LogP contribution in [-0.2, 0) is 14.3 Å². The zero-order chi connectivity index (χ0) is 16.8. The van der Waals surface area contributed by atoms with Gasteiger partial charge in [-0.3, -0.25) is 4.79 Å². The average molecular weight is 314 g/mol. The summed E-state index contributed by atoms with van der Waals surface area (Å²) in [6.45, 7) is 11.5. The van der Waals surface area contributed by atoms with Crippen molar-refractivity contribution in [3.8, 4) is 0 Å². The fourth-order valence-corrected chi connectivity index (χ4v) is 2.51. The predicted octanol–water partition coefficient (Wildman–Crippen LogP) is 2.17. The Labute approximate surface area is 133 Å². The van der Waals surface area contributed by atoms with Crippen molar-refractivity contribution in [1.29, 1.82) is 0 Å². The number of esters is 1. The molecule has 0 aliphatic carbocycles. The lowest BCUT2D eigenvalue weighted by Gasteiger charge is -2.38. The Morgan fingerprint density at radius 1 is 1.27 bits per heavy atom. The maximum absolute atomic E-state index is 12.2. The Balaban J connectivity index is 2.72. The van der Waals surface area contributed by atoms with Gasteiger partial charge in [0.25, 0.3) is 0 Å². The van der Waals surface area contributed by atoms with Crippen LogP contribution in [0.1, 0.15) is 47.5 Å². The van der Waals surface area contributed by atoms with E-state index in [1.165, 1.54) is 0 Å². The molecule has 6 nitrogen and oxygen atoms in total. The Hall–Kier alpha value is -1.30. The van der Waals surface area contributed by atoms with E-state index in [2.05, 4.69) is 12.2 Å². The Morgan fingerprint density at radius 2 is 1.95 bits per heavy atom. The van der Waals surface area contributed by atoms with Crippen molar-refractivity contribution >= 4 is 12.1 Å². The lowest BCUT2D eigenvalue weighted by Crippen LogP contribution is -2.54. The molecule has 0 saturated carbocycles. The highest BCUT2D eigenvalue weighted by Gasteiger charge is 2.37. The van der Waals surface area contributed by atoms with Gasteiger partial charge in [0.1, 0.15) is 5.60 Å². The minimum absolute atomic E-state index is 0.0534. The minimum atomic E-state index is -0.534. The number of amides is 1. The molecule has 0 radical (unpaired) electrons. The second-order valence-electron chi connectivity index (χ2n) is 6.63. The van der Waals surface area contributed by atoms with Crippen molar-refractivity contribution in [3.05, 3.63) is 0 Å². The van der Waals surface area contributed by atoms with Crippen molar-refractivity contribution in [2.75, 3.05) is 26.2 Å². The smallest absolute Gasteiger partial charge is 0.410 e. The summed E-state index contributed by atoms with van der Waals surface area (Å²) >= 11 is 0. The van der Waals surface area contributed by atoms with E-state index in [1.54, 1.807) is 11.8 Å². The summed E-state index contributed by atoms with van der Waals surface area (Å²) in [5.74, 6) is -0.586. The first kappa shape index (κ1) is 18.7. The van der Waals surface area contributed by atoms with Gasteiger partial charge in [-0.25, -0.2) is 4.79 Å². The second kappa shape index (κ2) is 8.36. The Kier molecular flexibility index (Phi) is 7.13. The van der Waals surface area contributed by atoms with Gasteiger partial charge in [-0.1, -0.05) is 6.92 Å². The van der Waals surface area contributed by atoms with Crippen LogP contribution in [0.4, 0.5) is 4.79 Å². The monoisotopic (exact) mass is 314 g/mol. The molecule has 1 fully saturated rings. The van der Waals surface area contributed by atoms with E-state index in [4.69, 9.17) is 9.47 Å². The van der Waals surface area contributed by atoms with Crippen LogP contribution in [0, 0.1) is 5.92 Å². The van der Waals surface area contributed by atoms with E-state index in [-0.39, 0.29) is 24.0 Å². The lowest BCUT2D eigenvalue weighted by molar-refractivity contribution is -0.150. The highest BCUT2D eigenvalue weighted by Crippen LogP contribution is 2.21. The number of hydrogen-bond donors (Lipinski definition) is 1. The number of carbonyl (C=O) groups is 2. The number of carbonyl (C=O) groups excluding carboxylic acids is 2. The molecule has 0 aromatic carbocycles. The zero-order valence-corrected chi connectivity index (χ0v) is 14.5. The van der Waals surface area contributed by atoms with Crippen LogP contribution in [0.3, 0.4) is 0 Å². The summed E-state index contributed by atoms with van der Waals surface area (Å²) in [5, 5.41) is 3.39. The van der Waals surface area contributed by atoms with Gasteiger partial charge in [0.05, 0.1) is 12.5 Å². The summed E-state index contributed by atoms with van der Waals surface area (Å²) in [5.41, 5.74) is -0.534. The lowest BCUT2D eigenvalue weighted by atomic mass is 9.92. The molecule has 0 bridgehead atoms. The van der Waals surface area contributed by atoms with Gasteiger partial charge in [-0.05, 0) is 47.1 Å². The number of hydrogen-bond acceptors (Lipinski definition) is 5. The summed E-state index contributed by atoms with van der Waals surface area (Å²) in [7, 11) is 0. The summed E-state index contributed by atoms with van der Waals surface area (Å²) in [6, 6.07) is 0.0534. The first-order chi connectivity index (χ1) is 10.3. The molecular formula is C16H30N2O4. The molecule has 0 spiro atoms. The SMILES string of the molecule is CCCN[C@@H]1CCN(C(=O)OC(C)(C)C)C[C@H]1C(=O)OCC. The van der Waals surface area contributed by atoms with Gasteiger partial charge < -0.3 is 19.7 Å². The first-order valence-corrected chi connectivity index (χ1v) is 8.16. The number of ether oxygens (including phenoxy) is 2. The Morgan fingerprint density at radius 3 is 2.50 bits per heavy atom. The van der Waals surface area contributed by atoms with E-state index in [9.17, 15) is 9.59 Å². The van der Waals surface area contributed by atoms with Crippen molar-refractivity contribution in [1.82, 2.24) is 10.2 Å². The fraction of sp³-hybridized carbons (Fsp3) is 0.875. The molecule has 1 N–H and O–H groups in total. The van der Waals surface area contributed by atoms with Gasteiger partial charge in [0.15, 0.2) is 0 Å². The summed E-state index contributed by atoms with van der Waals surface area (Å²) in [4.78, 5) is 26.0. The number of likely N-dealkylation sites (tertiary alicyclic amines) is 1. The standard InChI is InChI=1S/C16H30N2O4/c1-6-9-17-13-8-10-18(15(20)22-16(3,4)5)11-12(13)14(19)21-7-2/h12-13,17H,6-11H2,1-5H3/t12-,13-/m1/s1. The molecule has 1 heterocycles. The molecule has 2 atom stereocenters. The van der Waals surface area contributed by atoms with Crippen molar-refractivity contribution in [2.45, 2.75) is 59.1 Å². The third-order valence-corrected chi connectivity index (χ3v) is 3.51. The molecule has 1 aliphatic rings. The maximum atomic E-state index is 12.2. The first-order valence-electron chi connectivity index (χ1n) is 8.16. The molecule has 0 unspecified atom stereocenters. The van der Waals surface area contributed by atoms with Gasteiger partial charge in [0, 0.05) is 19.1 Å². The maximum Gasteiger partial charge on any atom is 0.410 e. The van der Waals surface area contributed by atoms with Crippen LogP contribution >= 0.6 is 0 Å². The molecule has 1 rings (SSSR count). The van der Waals surface area contributed by atoms with Crippen molar-refractivity contribution < 1.29 is 19.1 Å². The van der Waals surface area contributed by atoms with Crippen molar-refractivity contribution in [3.63, 3.8) is 0 Å². The highest BCUT2D eigenvalue weighted by molar-refractivity contribution is 5.75. The number of nitrogens with one attached hydrogen (secondary N) is 1. The van der Waals surface area contributed by atoms with Crippen LogP contribution in [0.15, 0.2) is 0 Å². The quantitative estimate of drug-likeness (QED) is 0.788. The highest BCUT2D eigenvalue weighted by atomic mass is 16.6. The summed E-state index contributed by atoms with van der Waals surface area (Å²) < 4.78 is 10.6. The predicted molar refractivity (Wildman–Crippen MR) is 84.6 cm³/mol. The van der Waals surface area contributed by atoms with Gasteiger partial charge >= 0.3 is 12.1 Å². The topological polar surface area (TPSA) is 67.9 Å². The van der Waals surface area contributed by atoms with Gasteiger partial charge in [-0.15, -0.1) is 0 Å². The van der Waals surface area contributed by atoms with Gasteiger partial charge in [-0.2, -0.15) is 0 Å². The molecule has 6 heteroatoms. The molecule has 1 amide bonds. The normalized spacial score (nSPS) is 22.3. The number of nitrogens with zero attached hydrogens (tertiary/aromatic N) is 1. The van der Waals surface area contributed by atoms with E-state index in [0.29, 0.717) is 19.7 Å². The molecule has 1 saturated heterocycles. The Bertz CT molecular complexity index is 379. The third kappa shape index (κ3) is 5.83. The summed E-state index contributed by atoms with van der Waals surface area (Å²) in [6.07, 6.45) is 1.36. The van der Waals surface area contributed by atoms with Crippen LogP contribution < -0.4 is 5.32 Å². The van der Waals surface area contributed by atoms with Crippen LogP contribution in [0.25, 0.3) is 0 Å². The fourth-order valence-electron chi connectivity index (χ4n) is 2.51. The molecule has 0 aromatic heterocycles. The average Bonchev–Trinajstić information content (AvgIpc) is 2.43. The molecule has 22 heavy (non-hydrogen) atoms. The van der Waals surface area contributed by atoms with Crippen LogP contribution in [-0.4, -0.2) is 54.8 Å². The minimum Gasteiger partial charge on any atom is -0.466 e. The largest absolute Gasteiger partial charge is 0.466 e. The molecular weight excluding hydrogens is 284 g/mol. The molecule has 128 valence electrons. The van der Waals surface area contributed by atoms with Crippen LogP contribution in [0.5, 0.6) is 0 Å². The van der Waals surface area contributed by atoms with E-state index in [0.717, 1.165) is 19.4 Å². The molecule has 1 aliphatic heterocycles.